The molecule has 0 aliphatic heterocycles. The van der Waals surface area contributed by atoms with Gasteiger partial charge >= 0.3 is 0 Å². The Balaban J connectivity index is 2.09. The first-order chi connectivity index (χ1) is 8.63. The van der Waals surface area contributed by atoms with E-state index in [9.17, 15) is 0 Å². The number of nitrogens with zero attached hydrogens (tertiary/aromatic N) is 6. The minimum absolute atomic E-state index is 0.00414. The zero-order valence-corrected chi connectivity index (χ0v) is 11.6. The van der Waals surface area contributed by atoms with Crippen molar-refractivity contribution in [3.8, 4) is 0 Å². The average Bonchev–Trinajstić information content (AvgIpc) is 2.85. The Labute approximate surface area is 113 Å². The monoisotopic (exact) mass is 288 g/mol. The van der Waals surface area contributed by atoms with Crippen LogP contribution in [0.1, 0.15) is 11.4 Å². The van der Waals surface area contributed by atoms with Gasteiger partial charge in [-0.2, -0.15) is 5.10 Å². The molecule has 0 spiro atoms. The van der Waals surface area contributed by atoms with E-state index < -0.39 is 0 Å². The van der Waals surface area contributed by atoms with Crippen molar-refractivity contribution in [3.63, 3.8) is 0 Å². The molecule has 0 unspecified atom stereocenters. The van der Waals surface area contributed by atoms with Gasteiger partial charge in [-0.25, -0.2) is 4.68 Å². The second-order valence-electron chi connectivity index (χ2n) is 3.67. The number of halogens is 1. The smallest absolute Gasteiger partial charge is 0.209 e. The van der Waals surface area contributed by atoms with Crippen LogP contribution in [0.4, 0.5) is 0 Å². The highest BCUT2D eigenvalue weighted by Gasteiger charge is 2.13. The third-order valence-corrected chi connectivity index (χ3v) is 3.87. The van der Waals surface area contributed by atoms with Crippen molar-refractivity contribution >= 4 is 23.4 Å². The topological polar surface area (TPSA) is 81.7 Å². The van der Waals surface area contributed by atoms with Crippen LogP contribution in [0.25, 0.3) is 0 Å². The van der Waals surface area contributed by atoms with Crippen LogP contribution < -0.4 is 0 Å². The summed E-state index contributed by atoms with van der Waals surface area (Å²) >= 11 is 7.62. The standard InChI is InChI=1S/C9H13ClN6OS/c1-6-8(10)7(15(2)12-6)5-18-9-11-13-14-16(9)3-4-17/h17H,3-5H2,1-2H3. The highest BCUT2D eigenvalue weighted by atomic mass is 35.5. The molecule has 0 aliphatic rings. The lowest BCUT2D eigenvalue weighted by atomic mass is 10.4. The maximum Gasteiger partial charge on any atom is 0.209 e. The molecular formula is C9H13ClN6OS. The highest BCUT2D eigenvalue weighted by molar-refractivity contribution is 7.98. The average molecular weight is 289 g/mol. The summed E-state index contributed by atoms with van der Waals surface area (Å²) in [5, 5.41) is 25.7. The Morgan fingerprint density at radius 3 is 2.83 bits per heavy atom. The molecule has 0 fully saturated rings. The van der Waals surface area contributed by atoms with Crippen LogP contribution in [0.3, 0.4) is 0 Å². The van der Waals surface area contributed by atoms with Gasteiger partial charge in [-0.15, -0.1) is 5.10 Å². The van der Waals surface area contributed by atoms with Gasteiger partial charge in [0.1, 0.15) is 0 Å². The second kappa shape index (κ2) is 5.68. The van der Waals surface area contributed by atoms with Gasteiger partial charge in [-0.05, 0) is 17.4 Å². The molecule has 0 aromatic carbocycles. The van der Waals surface area contributed by atoms with Gasteiger partial charge in [0.2, 0.25) is 5.16 Å². The van der Waals surface area contributed by atoms with E-state index in [0.29, 0.717) is 22.5 Å². The summed E-state index contributed by atoms with van der Waals surface area (Å²) in [6, 6.07) is 0. The van der Waals surface area contributed by atoms with E-state index in [-0.39, 0.29) is 6.61 Å². The van der Waals surface area contributed by atoms with Gasteiger partial charge in [0.25, 0.3) is 0 Å². The Morgan fingerprint density at radius 2 is 2.22 bits per heavy atom. The molecule has 0 aliphatic carbocycles. The molecule has 0 bridgehead atoms. The molecule has 0 radical (unpaired) electrons. The van der Waals surface area contributed by atoms with E-state index >= 15 is 0 Å². The maximum atomic E-state index is 8.88. The first-order valence-corrected chi connectivity index (χ1v) is 6.67. The Morgan fingerprint density at radius 1 is 1.44 bits per heavy atom. The SMILES string of the molecule is Cc1nn(C)c(CSc2nnnn2CCO)c1Cl. The summed E-state index contributed by atoms with van der Waals surface area (Å²) in [7, 11) is 1.85. The number of rotatable bonds is 5. The molecule has 9 heteroatoms. The molecule has 1 N–H and O–H groups in total. The van der Waals surface area contributed by atoms with Crippen molar-refractivity contribution in [1.29, 1.82) is 0 Å². The number of aliphatic hydroxyl groups is 1. The minimum Gasteiger partial charge on any atom is -0.394 e. The van der Waals surface area contributed by atoms with Crippen LogP contribution in [-0.4, -0.2) is 41.7 Å². The fourth-order valence-electron chi connectivity index (χ4n) is 1.50. The molecule has 0 saturated carbocycles. The third-order valence-electron chi connectivity index (χ3n) is 2.41. The molecule has 0 atom stereocenters. The zero-order valence-electron chi connectivity index (χ0n) is 10.0. The van der Waals surface area contributed by atoms with E-state index in [2.05, 4.69) is 20.6 Å². The summed E-state index contributed by atoms with van der Waals surface area (Å²) in [5.41, 5.74) is 1.74. The quantitative estimate of drug-likeness (QED) is 0.814. The van der Waals surface area contributed by atoms with Crippen molar-refractivity contribution in [3.05, 3.63) is 16.4 Å². The van der Waals surface area contributed by atoms with Crippen molar-refractivity contribution < 1.29 is 5.11 Å². The first-order valence-electron chi connectivity index (χ1n) is 5.31. The summed E-state index contributed by atoms with van der Waals surface area (Å²) < 4.78 is 3.31. The summed E-state index contributed by atoms with van der Waals surface area (Å²) in [5.74, 6) is 0.627. The normalized spacial score (nSPS) is 11.1. The number of hydrogen-bond donors (Lipinski definition) is 1. The van der Waals surface area contributed by atoms with Crippen LogP contribution in [0, 0.1) is 6.92 Å². The number of hydrogen-bond acceptors (Lipinski definition) is 6. The predicted octanol–water partition coefficient (Wildman–Crippen LogP) is 0.653. The molecular weight excluding hydrogens is 276 g/mol. The van der Waals surface area contributed by atoms with Crippen molar-refractivity contribution in [2.24, 2.45) is 7.05 Å². The summed E-state index contributed by atoms with van der Waals surface area (Å²) in [4.78, 5) is 0. The number of tetrazole rings is 1. The molecule has 2 rings (SSSR count). The van der Waals surface area contributed by atoms with Crippen LogP contribution in [0.2, 0.25) is 5.02 Å². The van der Waals surface area contributed by atoms with Gasteiger partial charge < -0.3 is 5.11 Å². The van der Waals surface area contributed by atoms with Crippen LogP contribution in [-0.2, 0) is 19.3 Å². The van der Waals surface area contributed by atoms with Gasteiger partial charge in [0, 0.05) is 12.8 Å². The van der Waals surface area contributed by atoms with Crippen LogP contribution in [0.5, 0.6) is 0 Å². The van der Waals surface area contributed by atoms with E-state index in [4.69, 9.17) is 16.7 Å². The molecule has 2 heterocycles. The summed E-state index contributed by atoms with van der Waals surface area (Å²) in [6.07, 6.45) is 0. The van der Waals surface area contributed by atoms with Gasteiger partial charge in [0.05, 0.1) is 29.6 Å². The van der Waals surface area contributed by atoms with E-state index in [1.165, 1.54) is 11.8 Å². The summed E-state index contributed by atoms with van der Waals surface area (Å²) in [6.45, 7) is 2.25. The fraction of sp³-hybridized carbons (Fsp3) is 0.556. The fourth-order valence-corrected chi connectivity index (χ4v) is 2.78. The molecule has 98 valence electrons. The third kappa shape index (κ3) is 2.65. The van der Waals surface area contributed by atoms with Crippen molar-refractivity contribution in [2.45, 2.75) is 24.4 Å². The second-order valence-corrected chi connectivity index (χ2v) is 4.99. The molecule has 2 aromatic rings. The number of thioether (sulfide) groups is 1. The van der Waals surface area contributed by atoms with Gasteiger partial charge in [-0.3, -0.25) is 4.68 Å². The molecule has 2 aromatic heterocycles. The number of aromatic nitrogens is 6. The molecule has 7 nitrogen and oxygen atoms in total. The largest absolute Gasteiger partial charge is 0.394 e. The van der Waals surface area contributed by atoms with Gasteiger partial charge in [-0.1, -0.05) is 23.4 Å². The molecule has 0 saturated heterocycles. The van der Waals surface area contributed by atoms with Crippen molar-refractivity contribution in [1.82, 2.24) is 30.0 Å². The lowest BCUT2D eigenvalue weighted by molar-refractivity contribution is 0.262. The van der Waals surface area contributed by atoms with E-state index in [1.807, 2.05) is 14.0 Å². The number of aliphatic hydroxyl groups excluding tert-OH is 1. The predicted molar refractivity (Wildman–Crippen MR) is 67.4 cm³/mol. The number of aryl methyl sites for hydroxylation is 2. The van der Waals surface area contributed by atoms with Crippen molar-refractivity contribution in [2.75, 3.05) is 6.61 Å². The van der Waals surface area contributed by atoms with E-state index in [1.54, 1.807) is 9.36 Å². The van der Waals surface area contributed by atoms with Crippen LogP contribution in [0.15, 0.2) is 5.16 Å². The molecule has 0 amide bonds. The minimum atomic E-state index is 0.00414. The lowest BCUT2D eigenvalue weighted by Gasteiger charge is -2.03. The Kier molecular flexibility index (Phi) is 4.20. The first kappa shape index (κ1) is 13.3. The van der Waals surface area contributed by atoms with Gasteiger partial charge in [0.15, 0.2) is 0 Å². The Bertz CT molecular complexity index is 539. The highest BCUT2D eigenvalue weighted by Crippen LogP contribution is 2.26. The maximum absolute atomic E-state index is 8.88. The van der Waals surface area contributed by atoms with Crippen LogP contribution >= 0.6 is 23.4 Å². The zero-order chi connectivity index (χ0) is 13.1. The Hall–Kier alpha value is -1.12. The molecule has 18 heavy (non-hydrogen) atoms. The van der Waals surface area contributed by atoms with E-state index in [0.717, 1.165) is 11.4 Å². The lowest BCUT2D eigenvalue weighted by Crippen LogP contribution is -2.06.